The van der Waals surface area contributed by atoms with Crippen LogP contribution in [0.1, 0.15) is 26.7 Å². The number of aliphatic hydroxyl groups excluding tert-OH is 1. The van der Waals surface area contributed by atoms with Gasteiger partial charge in [0.25, 0.3) is 0 Å². The van der Waals surface area contributed by atoms with Gasteiger partial charge >= 0.3 is 0 Å². The summed E-state index contributed by atoms with van der Waals surface area (Å²) in [6.07, 6.45) is 1.49. The fraction of sp³-hybridized carbons (Fsp3) is 0.889. The van der Waals surface area contributed by atoms with Gasteiger partial charge in [-0.1, -0.05) is 13.8 Å². The summed E-state index contributed by atoms with van der Waals surface area (Å²) in [6.45, 7) is 5.96. The second-order valence-electron chi connectivity index (χ2n) is 2.96. The molecule has 0 aromatic rings. The van der Waals surface area contributed by atoms with Gasteiger partial charge in [-0.25, -0.2) is 0 Å². The lowest BCUT2D eigenvalue weighted by Gasteiger charge is -2.20. The molecule has 1 atom stereocenters. The van der Waals surface area contributed by atoms with Crippen molar-refractivity contribution >= 4 is 0 Å². The second kappa shape index (κ2) is 7.08. The maximum absolute atomic E-state index is 9.33. The fourth-order valence-corrected chi connectivity index (χ4v) is 1.08. The van der Waals surface area contributed by atoms with Crippen LogP contribution in [0.5, 0.6) is 0 Å². The van der Waals surface area contributed by atoms with Gasteiger partial charge in [0.2, 0.25) is 0 Å². The van der Waals surface area contributed by atoms with Gasteiger partial charge in [-0.15, -0.1) is 0 Å². The molecule has 0 rings (SSSR count). The molecule has 0 aliphatic heterocycles. The summed E-state index contributed by atoms with van der Waals surface area (Å²) in [5.74, 6) is 0. The Labute approximate surface area is 74.6 Å². The molecule has 0 aromatic heterocycles. The molecule has 0 saturated heterocycles. The van der Waals surface area contributed by atoms with Crippen molar-refractivity contribution in [2.45, 2.75) is 32.8 Å². The predicted molar refractivity (Wildman–Crippen MR) is 48.6 cm³/mol. The molecule has 70 valence electrons. The van der Waals surface area contributed by atoms with E-state index in [1.54, 1.807) is 0 Å². The van der Waals surface area contributed by atoms with Crippen LogP contribution in [0.2, 0.25) is 0 Å². The Kier molecular flexibility index (Phi) is 6.73. The van der Waals surface area contributed by atoms with E-state index in [9.17, 15) is 5.11 Å². The largest absolute Gasteiger partial charge is 0.392 e. The molecule has 3 nitrogen and oxygen atoms in total. The van der Waals surface area contributed by atoms with Crippen LogP contribution in [-0.2, 0) is 0 Å². The molecule has 12 heavy (non-hydrogen) atoms. The van der Waals surface area contributed by atoms with Gasteiger partial charge in [0.05, 0.1) is 18.7 Å². The zero-order valence-corrected chi connectivity index (χ0v) is 7.95. The van der Waals surface area contributed by atoms with Crippen LogP contribution in [0.4, 0.5) is 0 Å². The third-order valence-corrected chi connectivity index (χ3v) is 1.77. The lowest BCUT2D eigenvalue weighted by atomic mass is 10.2. The summed E-state index contributed by atoms with van der Waals surface area (Å²) in [4.78, 5) is 1.98. The van der Waals surface area contributed by atoms with Crippen molar-refractivity contribution in [3.63, 3.8) is 0 Å². The van der Waals surface area contributed by atoms with E-state index >= 15 is 0 Å². The minimum Gasteiger partial charge on any atom is -0.392 e. The van der Waals surface area contributed by atoms with Gasteiger partial charge < -0.3 is 5.11 Å². The van der Waals surface area contributed by atoms with Crippen molar-refractivity contribution in [3.05, 3.63) is 0 Å². The molecule has 1 unspecified atom stereocenters. The Hall–Kier alpha value is -0.590. The van der Waals surface area contributed by atoms with Crippen LogP contribution in [0.15, 0.2) is 0 Å². The number of aliphatic hydroxyl groups is 1. The van der Waals surface area contributed by atoms with Crippen molar-refractivity contribution in [1.29, 1.82) is 5.26 Å². The first-order valence-electron chi connectivity index (χ1n) is 4.51. The summed E-state index contributed by atoms with van der Waals surface area (Å²) in [6, 6.07) is 2.10. The van der Waals surface area contributed by atoms with Crippen LogP contribution in [0.3, 0.4) is 0 Å². The Morgan fingerprint density at radius 1 is 1.50 bits per heavy atom. The van der Waals surface area contributed by atoms with Crippen molar-refractivity contribution in [3.8, 4) is 6.07 Å². The van der Waals surface area contributed by atoms with Crippen LogP contribution >= 0.6 is 0 Å². The quantitative estimate of drug-likeness (QED) is 0.605. The van der Waals surface area contributed by atoms with E-state index < -0.39 is 0 Å². The van der Waals surface area contributed by atoms with Gasteiger partial charge in [-0.3, -0.25) is 4.90 Å². The summed E-state index contributed by atoms with van der Waals surface area (Å²) >= 11 is 0. The summed E-state index contributed by atoms with van der Waals surface area (Å²) < 4.78 is 0. The van der Waals surface area contributed by atoms with Crippen LogP contribution in [0, 0.1) is 11.3 Å². The van der Waals surface area contributed by atoms with E-state index in [2.05, 4.69) is 13.0 Å². The predicted octanol–water partition coefficient (Wildman–Crippen LogP) is 0.993. The van der Waals surface area contributed by atoms with Crippen molar-refractivity contribution < 1.29 is 5.11 Å². The van der Waals surface area contributed by atoms with E-state index in [1.807, 2.05) is 11.8 Å². The molecule has 0 aliphatic carbocycles. The van der Waals surface area contributed by atoms with Crippen LogP contribution in [-0.4, -0.2) is 35.7 Å². The van der Waals surface area contributed by atoms with Gasteiger partial charge in [-0.2, -0.15) is 5.26 Å². The zero-order chi connectivity index (χ0) is 9.40. The molecule has 0 fully saturated rings. The highest BCUT2D eigenvalue weighted by Gasteiger charge is 2.07. The smallest absolute Gasteiger partial charge is 0.0866 e. The molecule has 0 radical (unpaired) electrons. The van der Waals surface area contributed by atoms with Crippen molar-refractivity contribution in [2.24, 2.45) is 0 Å². The highest BCUT2D eigenvalue weighted by atomic mass is 16.3. The number of rotatable bonds is 6. The molecule has 0 saturated carbocycles. The van der Waals surface area contributed by atoms with Gasteiger partial charge in [0, 0.05) is 6.54 Å². The van der Waals surface area contributed by atoms with Crippen molar-refractivity contribution in [2.75, 3.05) is 19.6 Å². The van der Waals surface area contributed by atoms with E-state index in [0.29, 0.717) is 13.1 Å². The molecular formula is C9H18N2O. The molecule has 0 amide bonds. The topological polar surface area (TPSA) is 47.3 Å². The SMILES string of the molecule is CCCN(CC#N)CC(O)CC. The lowest BCUT2D eigenvalue weighted by molar-refractivity contribution is 0.116. The van der Waals surface area contributed by atoms with E-state index in [1.165, 1.54) is 0 Å². The summed E-state index contributed by atoms with van der Waals surface area (Å²) in [7, 11) is 0. The third kappa shape index (κ3) is 5.11. The van der Waals surface area contributed by atoms with Gasteiger partial charge in [0.15, 0.2) is 0 Å². The number of hydrogen-bond donors (Lipinski definition) is 1. The highest BCUT2D eigenvalue weighted by molar-refractivity contribution is 4.77. The molecular weight excluding hydrogens is 152 g/mol. The Morgan fingerprint density at radius 2 is 2.17 bits per heavy atom. The van der Waals surface area contributed by atoms with Crippen LogP contribution < -0.4 is 0 Å². The number of hydrogen-bond acceptors (Lipinski definition) is 3. The van der Waals surface area contributed by atoms with E-state index in [4.69, 9.17) is 5.26 Å². The number of nitrogens with zero attached hydrogens (tertiary/aromatic N) is 2. The Balaban J connectivity index is 3.70. The monoisotopic (exact) mass is 170 g/mol. The zero-order valence-electron chi connectivity index (χ0n) is 7.95. The first kappa shape index (κ1) is 11.4. The molecule has 3 heteroatoms. The van der Waals surface area contributed by atoms with E-state index in [0.717, 1.165) is 19.4 Å². The van der Waals surface area contributed by atoms with Gasteiger partial charge in [0.1, 0.15) is 0 Å². The molecule has 1 N–H and O–H groups in total. The van der Waals surface area contributed by atoms with Crippen molar-refractivity contribution in [1.82, 2.24) is 4.90 Å². The van der Waals surface area contributed by atoms with Gasteiger partial charge in [-0.05, 0) is 19.4 Å². The number of nitriles is 1. The third-order valence-electron chi connectivity index (χ3n) is 1.77. The normalized spacial score (nSPS) is 12.9. The van der Waals surface area contributed by atoms with Crippen LogP contribution in [0.25, 0.3) is 0 Å². The average molecular weight is 170 g/mol. The maximum atomic E-state index is 9.33. The maximum Gasteiger partial charge on any atom is 0.0866 e. The molecule has 0 aromatic carbocycles. The molecule has 0 heterocycles. The highest BCUT2D eigenvalue weighted by Crippen LogP contribution is 1.97. The average Bonchev–Trinajstić information content (AvgIpc) is 2.05. The first-order chi connectivity index (χ1) is 5.74. The molecule has 0 bridgehead atoms. The second-order valence-corrected chi connectivity index (χ2v) is 2.96. The minimum absolute atomic E-state index is 0.287. The Bertz CT molecular complexity index is 142. The summed E-state index contributed by atoms with van der Waals surface area (Å²) in [5, 5.41) is 17.8. The molecule has 0 spiro atoms. The standard InChI is InChI=1S/C9H18N2O/c1-3-6-11(7-5-10)8-9(12)4-2/h9,12H,3-4,6-8H2,1-2H3. The minimum atomic E-state index is -0.287. The molecule has 0 aliphatic rings. The lowest BCUT2D eigenvalue weighted by Crippen LogP contribution is -2.33. The Morgan fingerprint density at radius 3 is 2.58 bits per heavy atom. The summed E-state index contributed by atoms with van der Waals surface area (Å²) in [5.41, 5.74) is 0. The fourth-order valence-electron chi connectivity index (χ4n) is 1.08. The van der Waals surface area contributed by atoms with E-state index in [-0.39, 0.29) is 6.10 Å². The first-order valence-corrected chi connectivity index (χ1v) is 4.51.